The smallest absolute Gasteiger partial charge is 0.248 e. The number of hydrogen-bond acceptors (Lipinski definition) is 2. The van der Waals surface area contributed by atoms with Crippen LogP contribution in [0.2, 0.25) is 0 Å². The lowest BCUT2D eigenvalue weighted by Gasteiger charge is -2.03. The largest absolute Gasteiger partial charge is 0.323 e. The van der Waals surface area contributed by atoms with Gasteiger partial charge >= 0.3 is 0 Å². The van der Waals surface area contributed by atoms with Crippen molar-refractivity contribution in [2.45, 2.75) is 6.92 Å². The minimum atomic E-state index is -0.158. The first-order valence-corrected chi connectivity index (χ1v) is 8.77. The van der Waals surface area contributed by atoms with Gasteiger partial charge in [0, 0.05) is 29.7 Å². The molecule has 0 saturated carbocycles. The minimum absolute atomic E-state index is 0.158. The molecule has 2 aromatic heterocycles. The molecule has 132 valence electrons. The van der Waals surface area contributed by atoms with Crippen LogP contribution in [0.1, 0.15) is 11.1 Å². The standard InChI is InChI=1S/C23H19N3O/c1-17-13-14-26-16-21(25-22(26)15-17)19-8-10-20(11-9-19)24-23(27)12-7-18-5-3-2-4-6-18/h2-16H,1H3,(H,24,27)/b12-7+. The van der Waals surface area contributed by atoms with Crippen molar-refractivity contribution < 1.29 is 4.79 Å². The van der Waals surface area contributed by atoms with Crippen molar-refractivity contribution in [2.75, 3.05) is 5.32 Å². The van der Waals surface area contributed by atoms with E-state index in [2.05, 4.69) is 29.4 Å². The van der Waals surface area contributed by atoms with Crippen LogP contribution >= 0.6 is 0 Å². The number of nitrogens with zero attached hydrogens (tertiary/aromatic N) is 2. The molecule has 4 aromatic rings. The third-order valence-corrected chi connectivity index (χ3v) is 4.29. The van der Waals surface area contributed by atoms with E-state index in [1.54, 1.807) is 6.08 Å². The highest BCUT2D eigenvalue weighted by atomic mass is 16.1. The number of amides is 1. The molecule has 0 saturated heterocycles. The van der Waals surface area contributed by atoms with Crippen molar-refractivity contribution in [3.63, 3.8) is 0 Å². The quantitative estimate of drug-likeness (QED) is 0.527. The second kappa shape index (κ2) is 7.30. The van der Waals surface area contributed by atoms with Crippen LogP contribution < -0.4 is 5.32 Å². The second-order valence-electron chi connectivity index (χ2n) is 6.41. The lowest BCUT2D eigenvalue weighted by Crippen LogP contribution is -2.07. The Kier molecular flexibility index (Phi) is 4.54. The van der Waals surface area contributed by atoms with Crippen molar-refractivity contribution >= 4 is 23.3 Å². The summed E-state index contributed by atoms with van der Waals surface area (Å²) < 4.78 is 2.01. The molecule has 1 amide bonds. The SMILES string of the molecule is Cc1ccn2cc(-c3ccc(NC(=O)/C=C/c4ccccc4)cc3)nc2c1. The number of benzene rings is 2. The van der Waals surface area contributed by atoms with Crippen molar-refractivity contribution in [1.82, 2.24) is 9.38 Å². The minimum Gasteiger partial charge on any atom is -0.323 e. The van der Waals surface area contributed by atoms with Gasteiger partial charge in [-0.1, -0.05) is 42.5 Å². The summed E-state index contributed by atoms with van der Waals surface area (Å²) in [6.07, 6.45) is 7.34. The molecule has 0 atom stereocenters. The Morgan fingerprint density at radius 3 is 2.59 bits per heavy atom. The lowest BCUT2D eigenvalue weighted by molar-refractivity contribution is -0.111. The molecular weight excluding hydrogens is 334 g/mol. The van der Waals surface area contributed by atoms with E-state index in [9.17, 15) is 4.79 Å². The van der Waals surface area contributed by atoms with Crippen LogP contribution in [0.4, 0.5) is 5.69 Å². The van der Waals surface area contributed by atoms with Gasteiger partial charge < -0.3 is 9.72 Å². The summed E-state index contributed by atoms with van der Waals surface area (Å²) >= 11 is 0. The Morgan fingerprint density at radius 2 is 1.81 bits per heavy atom. The number of rotatable bonds is 4. The van der Waals surface area contributed by atoms with E-state index in [0.717, 1.165) is 28.2 Å². The summed E-state index contributed by atoms with van der Waals surface area (Å²) in [5, 5.41) is 2.87. The Morgan fingerprint density at radius 1 is 1.04 bits per heavy atom. The van der Waals surface area contributed by atoms with Crippen LogP contribution in [0.15, 0.2) is 85.2 Å². The number of aromatic nitrogens is 2. The Hall–Kier alpha value is -3.66. The highest BCUT2D eigenvalue weighted by molar-refractivity contribution is 6.02. The average molecular weight is 353 g/mol. The van der Waals surface area contributed by atoms with Crippen LogP contribution in [0.3, 0.4) is 0 Å². The van der Waals surface area contributed by atoms with Gasteiger partial charge in [-0.15, -0.1) is 0 Å². The second-order valence-corrected chi connectivity index (χ2v) is 6.41. The third-order valence-electron chi connectivity index (χ3n) is 4.29. The summed E-state index contributed by atoms with van der Waals surface area (Å²) in [5.41, 5.74) is 5.76. The van der Waals surface area contributed by atoms with Crippen molar-refractivity contribution in [1.29, 1.82) is 0 Å². The van der Waals surface area contributed by atoms with Crippen molar-refractivity contribution in [2.24, 2.45) is 0 Å². The maximum Gasteiger partial charge on any atom is 0.248 e. The molecule has 0 radical (unpaired) electrons. The average Bonchev–Trinajstić information content (AvgIpc) is 3.11. The van der Waals surface area contributed by atoms with E-state index in [0.29, 0.717) is 0 Å². The van der Waals surface area contributed by atoms with Crippen LogP contribution in [0.25, 0.3) is 23.0 Å². The monoisotopic (exact) mass is 353 g/mol. The summed E-state index contributed by atoms with van der Waals surface area (Å²) in [7, 11) is 0. The first kappa shape index (κ1) is 16.8. The molecular formula is C23H19N3O. The Balaban J connectivity index is 1.46. The molecule has 2 aromatic carbocycles. The van der Waals surface area contributed by atoms with Gasteiger partial charge in [-0.2, -0.15) is 0 Å². The predicted octanol–water partition coefficient (Wildman–Crippen LogP) is 4.96. The molecule has 0 unspecified atom stereocenters. The third kappa shape index (κ3) is 3.96. The highest BCUT2D eigenvalue weighted by Gasteiger charge is 2.05. The number of nitrogens with one attached hydrogen (secondary N) is 1. The first-order chi connectivity index (χ1) is 13.2. The van der Waals surface area contributed by atoms with E-state index in [-0.39, 0.29) is 5.91 Å². The van der Waals surface area contributed by atoms with Crippen molar-refractivity contribution in [3.05, 3.63) is 96.3 Å². The summed E-state index contributed by atoms with van der Waals surface area (Å²) in [6.45, 7) is 2.05. The topological polar surface area (TPSA) is 46.4 Å². The number of imidazole rings is 1. The molecule has 0 spiro atoms. The van der Waals surface area contributed by atoms with Gasteiger partial charge in [0.2, 0.25) is 5.91 Å². The predicted molar refractivity (Wildman–Crippen MR) is 109 cm³/mol. The fourth-order valence-corrected chi connectivity index (χ4v) is 2.87. The Labute approximate surface area is 157 Å². The number of aryl methyl sites for hydroxylation is 1. The molecule has 2 heterocycles. The number of anilines is 1. The molecule has 4 heteroatoms. The normalized spacial score (nSPS) is 11.1. The molecule has 0 bridgehead atoms. The first-order valence-electron chi connectivity index (χ1n) is 8.77. The lowest BCUT2D eigenvalue weighted by atomic mass is 10.1. The molecule has 0 aliphatic rings. The number of hydrogen-bond donors (Lipinski definition) is 1. The maximum absolute atomic E-state index is 12.1. The van der Waals surface area contributed by atoms with Crippen molar-refractivity contribution in [3.8, 4) is 11.3 Å². The van der Waals surface area contributed by atoms with E-state index in [4.69, 9.17) is 0 Å². The summed E-state index contributed by atoms with van der Waals surface area (Å²) in [4.78, 5) is 16.7. The van der Waals surface area contributed by atoms with E-state index < -0.39 is 0 Å². The van der Waals surface area contributed by atoms with Gasteiger partial charge in [0.25, 0.3) is 0 Å². The highest BCUT2D eigenvalue weighted by Crippen LogP contribution is 2.21. The zero-order valence-corrected chi connectivity index (χ0v) is 15.0. The van der Waals surface area contributed by atoms with Gasteiger partial charge in [-0.3, -0.25) is 4.79 Å². The Bertz CT molecular complexity index is 1110. The zero-order chi connectivity index (χ0) is 18.6. The summed E-state index contributed by atoms with van der Waals surface area (Å²) in [5.74, 6) is -0.158. The maximum atomic E-state index is 12.1. The molecule has 27 heavy (non-hydrogen) atoms. The zero-order valence-electron chi connectivity index (χ0n) is 15.0. The molecule has 4 rings (SSSR count). The van der Waals surface area contributed by atoms with Crippen LogP contribution in [0.5, 0.6) is 0 Å². The van der Waals surface area contributed by atoms with Crippen LogP contribution in [0, 0.1) is 6.92 Å². The van der Waals surface area contributed by atoms with Gasteiger partial charge in [-0.25, -0.2) is 4.98 Å². The molecule has 0 fully saturated rings. The number of fused-ring (bicyclic) bond motifs is 1. The molecule has 0 aliphatic carbocycles. The van der Waals surface area contributed by atoms with E-state index >= 15 is 0 Å². The molecule has 0 aliphatic heterocycles. The fraction of sp³-hybridized carbons (Fsp3) is 0.0435. The fourth-order valence-electron chi connectivity index (χ4n) is 2.87. The van der Waals surface area contributed by atoms with Crippen LogP contribution in [-0.4, -0.2) is 15.3 Å². The van der Waals surface area contributed by atoms with E-state index in [1.165, 1.54) is 11.6 Å². The number of carbonyl (C=O) groups excluding carboxylic acids is 1. The molecule has 4 nitrogen and oxygen atoms in total. The molecule has 1 N–H and O–H groups in total. The van der Waals surface area contributed by atoms with Gasteiger partial charge in [0.1, 0.15) is 5.65 Å². The van der Waals surface area contributed by atoms with Gasteiger partial charge in [0.05, 0.1) is 5.69 Å². The van der Waals surface area contributed by atoms with Gasteiger partial charge in [0.15, 0.2) is 0 Å². The van der Waals surface area contributed by atoms with Crippen LogP contribution in [-0.2, 0) is 4.79 Å². The number of carbonyl (C=O) groups is 1. The number of pyridine rings is 1. The van der Waals surface area contributed by atoms with Gasteiger partial charge in [-0.05, 0) is 48.4 Å². The summed E-state index contributed by atoms with van der Waals surface area (Å²) in [6, 6.07) is 21.5. The van der Waals surface area contributed by atoms with E-state index in [1.807, 2.05) is 71.4 Å².